The molecule has 0 spiro atoms. The number of imide groups is 1. The number of aryl methyl sites for hydroxylation is 1. The van der Waals surface area contributed by atoms with E-state index in [-0.39, 0.29) is 61.8 Å². The third kappa shape index (κ3) is 9.45. The van der Waals surface area contributed by atoms with Crippen molar-refractivity contribution in [1.82, 2.24) is 20.0 Å². The van der Waals surface area contributed by atoms with Crippen LogP contribution in [-0.2, 0) is 28.8 Å². The molecule has 0 unspecified atom stereocenters. The number of aromatic nitrogens is 1. The van der Waals surface area contributed by atoms with Crippen LogP contribution in [0.25, 0.3) is 21.9 Å². The molecule has 1 atom stereocenters. The van der Waals surface area contributed by atoms with Crippen LogP contribution in [0.4, 0.5) is 10.5 Å². The molecule has 65 heavy (non-hydrogen) atoms. The number of amides is 5. The van der Waals surface area contributed by atoms with Crippen molar-refractivity contribution in [3.8, 4) is 17.2 Å². The molecule has 4 heterocycles. The van der Waals surface area contributed by atoms with Crippen molar-refractivity contribution in [2.75, 3.05) is 58.8 Å². The number of likely N-dealkylation sites (N-methyl/N-ethyl adjacent to an activating group) is 2. The van der Waals surface area contributed by atoms with Gasteiger partial charge in [0.15, 0.2) is 11.5 Å². The Morgan fingerprint density at radius 1 is 0.969 bits per heavy atom. The number of methoxy groups -OCH3 is 2. The van der Waals surface area contributed by atoms with Gasteiger partial charge in [0.2, 0.25) is 0 Å². The van der Waals surface area contributed by atoms with E-state index in [0.29, 0.717) is 66.7 Å². The van der Waals surface area contributed by atoms with Gasteiger partial charge >= 0.3 is 18.0 Å². The SMILES string of the molecule is COC(=O)c1c(C)[nH]c2c(OC(=O)N(C)CC(=O)N(C)/N=C(/C)c3ccc(OCCCC(=O)ON4C(=O)CCC4=O)cc3)cc3c(c12)[C@H](CCl)CN3C(=O)c1cc2cc(OC)ccc2o1. The van der Waals surface area contributed by atoms with Crippen LogP contribution in [0, 0.1) is 6.92 Å². The van der Waals surface area contributed by atoms with Gasteiger partial charge in [-0.15, -0.1) is 16.7 Å². The number of H-pyrrole nitrogens is 1. The van der Waals surface area contributed by atoms with Gasteiger partial charge in [0.1, 0.15) is 23.6 Å². The topological polar surface area (TPSA) is 220 Å². The number of anilines is 1. The summed E-state index contributed by atoms with van der Waals surface area (Å²) in [5.41, 5.74) is 3.45. The molecule has 2 aliphatic heterocycles. The van der Waals surface area contributed by atoms with Crippen LogP contribution in [0.5, 0.6) is 17.2 Å². The molecule has 20 heteroatoms. The number of hydrogen-bond acceptors (Lipinski definition) is 14. The highest BCUT2D eigenvalue weighted by Gasteiger charge is 2.39. The average Bonchev–Trinajstić information content (AvgIpc) is 4.07. The lowest BCUT2D eigenvalue weighted by molar-refractivity contribution is -0.197. The van der Waals surface area contributed by atoms with E-state index in [0.717, 1.165) is 9.91 Å². The van der Waals surface area contributed by atoms with E-state index < -0.39 is 54.1 Å². The van der Waals surface area contributed by atoms with Crippen LogP contribution in [0.3, 0.4) is 0 Å². The predicted molar refractivity (Wildman–Crippen MR) is 234 cm³/mol. The minimum atomic E-state index is -0.916. The van der Waals surface area contributed by atoms with Gasteiger partial charge < -0.3 is 43.0 Å². The predicted octanol–water partition coefficient (Wildman–Crippen LogP) is 6.08. The zero-order chi connectivity index (χ0) is 46.7. The fraction of sp³-hybridized carbons (Fsp3) is 0.333. The first-order valence-electron chi connectivity index (χ1n) is 20.4. The van der Waals surface area contributed by atoms with Crippen LogP contribution in [0.1, 0.15) is 76.3 Å². The highest BCUT2D eigenvalue weighted by molar-refractivity contribution is 6.20. The molecule has 0 aliphatic carbocycles. The van der Waals surface area contributed by atoms with Gasteiger partial charge in [-0.25, -0.2) is 19.4 Å². The summed E-state index contributed by atoms with van der Waals surface area (Å²) in [6, 6.07) is 15.1. The maximum atomic E-state index is 14.2. The average molecular weight is 913 g/mol. The fourth-order valence-electron chi connectivity index (χ4n) is 7.56. The van der Waals surface area contributed by atoms with Crippen molar-refractivity contribution in [3.05, 3.63) is 82.7 Å². The van der Waals surface area contributed by atoms with Crippen LogP contribution in [-0.4, -0.2) is 121 Å². The van der Waals surface area contributed by atoms with E-state index in [2.05, 4.69) is 10.1 Å². The second-order valence-corrected chi connectivity index (χ2v) is 15.6. The van der Waals surface area contributed by atoms with Crippen LogP contribution >= 0.6 is 11.6 Å². The summed E-state index contributed by atoms with van der Waals surface area (Å²) in [5.74, 6) is -2.73. The largest absolute Gasteiger partial charge is 0.497 e. The Morgan fingerprint density at radius 2 is 1.68 bits per heavy atom. The Morgan fingerprint density at radius 3 is 2.35 bits per heavy atom. The summed E-state index contributed by atoms with van der Waals surface area (Å²) >= 11 is 6.52. The van der Waals surface area contributed by atoms with Gasteiger partial charge in [0.25, 0.3) is 23.6 Å². The molecular formula is C45H45ClN6O13. The van der Waals surface area contributed by atoms with E-state index in [9.17, 15) is 33.6 Å². The number of esters is 1. The summed E-state index contributed by atoms with van der Waals surface area (Å²) in [6.07, 6.45) is -0.667. The molecule has 2 aromatic heterocycles. The monoisotopic (exact) mass is 912 g/mol. The molecule has 340 valence electrons. The van der Waals surface area contributed by atoms with Gasteiger partial charge in [-0.2, -0.15) is 5.10 Å². The number of benzene rings is 3. The van der Waals surface area contributed by atoms with Crippen molar-refractivity contribution < 1.29 is 61.8 Å². The second-order valence-electron chi connectivity index (χ2n) is 15.3. The van der Waals surface area contributed by atoms with E-state index in [4.69, 9.17) is 39.8 Å². The highest BCUT2D eigenvalue weighted by atomic mass is 35.5. The Labute approximate surface area is 376 Å². The van der Waals surface area contributed by atoms with E-state index in [1.165, 1.54) is 39.3 Å². The molecule has 5 amide bonds. The molecule has 1 saturated heterocycles. The third-order valence-electron chi connectivity index (χ3n) is 10.9. The molecule has 19 nitrogen and oxygen atoms in total. The molecule has 0 radical (unpaired) electrons. The molecular weight excluding hydrogens is 868 g/mol. The number of halogens is 1. The molecule has 0 saturated carbocycles. The number of aromatic amines is 1. The quantitative estimate of drug-likeness (QED) is 0.0315. The maximum Gasteiger partial charge on any atom is 0.415 e. The lowest BCUT2D eigenvalue weighted by Crippen LogP contribution is -2.39. The molecule has 3 aromatic carbocycles. The molecule has 2 aliphatic rings. The lowest BCUT2D eigenvalue weighted by Gasteiger charge is -2.21. The van der Waals surface area contributed by atoms with Gasteiger partial charge in [-0.3, -0.25) is 19.2 Å². The van der Waals surface area contributed by atoms with Crippen molar-refractivity contribution in [2.45, 2.75) is 45.4 Å². The highest BCUT2D eigenvalue weighted by Crippen LogP contribution is 2.48. The smallest absolute Gasteiger partial charge is 0.415 e. The van der Waals surface area contributed by atoms with Crippen LogP contribution in [0.2, 0.25) is 0 Å². The van der Waals surface area contributed by atoms with Crippen molar-refractivity contribution >= 4 is 86.5 Å². The number of ether oxygens (including phenoxy) is 4. The van der Waals surface area contributed by atoms with E-state index in [1.54, 1.807) is 62.4 Å². The number of nitrogens with one attached hydrogen (secondary N) is 1. The van der Waals surface area contributed by atoms with Crippen LogP contribution < -0.4 is 19.1 Å². The first kappa shape index (κ1) is 45.6. The van der Waals surface area contributed by atoms with Crippen LogP contribution in [0.15, 0.2) is 64.1 Å². The molecule has 1 fully saturated rings. The molecule has 7 rings (SSSR count). The molecule has 1 N–H and O–H groups in total. The first-order chi connectivity index (χ1) is 31.1. The third-order valence-corrected chi connectivity index (χ3v) is 11.3. The fourth-order valence-corrected chi connectivity index (χ4v) is 7.81. The van der Waals surface area contributed by atoms with Gasteiger partial charge in [0, 0.05) is 67.8 Å². The Kier molecular flexibility index (Phi) is 13.4. The van der Waals surface area contributed by atoms with Gasteiger partial charge in [0.05, 0.1) is 49.7 Å². The lowest BCUT2D eigenvalue weighted by atomic mass is 9.95. The Balaban J connectivity index is 1.02. The molecule has 5 aromatic rings. The number of hydrogen-bond donors (Lipinski definition) is 1. The number of furan rings is 1. The number of carbonyl (C=O) groups excluding carboxylic acids is 7. The number of hydroxylamine groups is 2. The minimum Gasteiger partial charge on any atom is -0.497 e. The Bertz CT molecular complexity index is 2750. The van der Waals surface area contributed by atoms with Gasteiger partial charge in [-0.1, -0.05) is 0 Å². The number of nitrogens with zero attached hydrogens (tertiary/aromatic N) is 5. The van der Waals surface area contributed by atoms with Crippen molar-refractivity contribution in [3.63, 3.8) is 0 Å². The summed E-state index contributed by atoms with van der Waals surface area (Å²) < 4.78 is 28.0. The zero-order valence-electron chi connectivity index (χ0n) is 36.4. The number of carbonyl (C=O) groups is 7. The second kappa shape index (κ2) is 19.1. The molecule has 0 bridgehead atoms. The summed E-state index contributed by atoms with van der Waals surface area (Å²) in [6.45, 7) is 3.23. The summed E-state index contributed by atoms with van der Waals surface area (Å²) in [7, 11) is 5.61. The number of rotatable bonds is 15. The van der Waals surface area contributed by atoms with Crippen molar-refractivity contribution in [1.29, 1.82) is 0 Å². The first-order valence-corrected chi connectivity index (χ1v) is 20.9. The van der Waals surface area contributed by atoms with E-state index >= 15 is 0 Å². The van der Waals surface area contributed by atoms with Crippen molar-refractivity contribution in [2.24, 2.45) is 5.10 Å². The standard InChI is InChI=1S/C45H45ClN6O13/c1-24(26-9-11-29(12-10-26)62-17-7-8-38(56)65-52-35(53)15-16-36(52)54)48-50(4)37(55)23-49(3)45(59)64-33-20-31-40(41-39(44(58)61-6)25(2)47-42(33)41)28(21-46)22-51(31)43(57)34-19-27-18-30(60-5)13-14-32(27)63-34/h9-14,18-20,28,47H,7-8,15-17,21-23H2,1-6H3/b48-24-/t28-/m1/s1. The maximum absolute atomic E-state index is 14.2. The zero-order valence-corrected chi connectivity index (χ0v) is 37.1. The minimum absolute atomic E-state index is 0.0150. The normalized spacial score (nSPS) is 14.8. The Hall–Kier alpha value is -7.41. The summed E-state index contributed by atoms with van der Waals surface area (Å²) in [5, 5.41) is 7.02. The number of alkyl halides is 1. The van der Waals surface area contributed by atoms with E-state index in [1.807, 2.05) is 0 Å². The summed E-state index contributed by atoms with van der Waals surface area (Å²) in [4.78, 5) is 100. The van der Waals surface area contributed by atoms with Gasteiger partial charge in [-0.05, 0) is 79.9 Å². The number of fused-ring (bicyclic) bond motifs is 4. The number of hydrazone groups is 1.